The molecule has 8 nitrogen and oxygen atoms in total. The highest BCUT2D eigenvalue weighted by Gasteiger charge is 2.20. The Morgan fingerprint density at radius 3 is 2.33 bits per heavy atom. The van der Waals surface area contributed by atoms with Crippen LogP contribution in [0.1, 0.15) is 40.4 Å². The average Bonchev–Trinajstić information content (AvgIpc) is 3.05. The number of likely N-dealkylation sites (N-methyl/N-ethyl adjacent to an activating group) is 1. The normalized spacial score (nSPS) is 13.8. The summed E-state index contributed by atoms with van der Waals surface area (Å²) in [6.45, 7) is 9.32. The molecule has 1 aliphatic heterocycles. The highest BCUT2D eigenvalue weighted by Crippen LogP contribution is 2.30. The van der Waals surface area contributed by atoms with Gasteiger partial charge in [-0.3, -0.25) is 14.3 Å². The maximum Gasteiger partial charge on any atom is 0.262 e. The number of rotatable bonds is 12. The molecule has 0 unspecified atom stereocenters. The number of aryl methyl sites for hydroxylation is 1. The van der Waals surface area contributed by atoms with Gasteiger partial charge in [0.05, 0.1) is 12.1 Å². The molecule has 0 bridgehead atoms. The maximum absolute atomic E-state index is 13.5. The Labute approximate surface area is 271 Å². The summed E-state index contributed by atoms with van der Waals surface area (Å²) in [5.41, 5.74) is 5.78. The monoisotopic (exact) mass is 622 g/mol. The summed E-state index contributed by atoms with van der Waals surface area (Å²) in [7, 11) is 2.11. The average molecular weight is 623 g/mol. The number of hydrogen-bond donors (Lipinski definition) is 2. The number of hydrogen-bond acceptors (Lipinski definition) is 7. The zero-order valence-corrected chi connectivity index (χ0v) is 27.1. The highest BCUT2D eigenvalue weighted by molar-refractivity contribution is 7.95. The van der Waals surface area contributed by atoms with Crippen molar-refractivity contribution < 1.29 is 9.59 Å². The molecule has 0 atom stereocenters. The molecule has 9 heteroatoms. The second-order valence-corrected chi connectivity index (χ2v) is 12.4. The lowest BCUT2D eigenvalue weighted by molar-refractivity contribution is -0.115. The summed E-state index contributed by atoms with van der Waals surface area (Å²) < 4.78 is 5.21. The summed E-state index contributed by atoms with van der Waals surface area (Å²) in [6, 6.07) is 29.6. The Morgan fingerprint density at radius 1 is 0.889 bits per heavy atom. The maximum atomic E-state index is 13.5. The molecule has 4 aromatic rings. The van der Waals surface area contributed by atoms with E-state index in [9.17, 15) is 9.59 Å². The van der Waals surface area contributed by atoms with Gasteiger partial charge in [-0.15, -0.1) is 0 Å². The van der Waals surface area contributed by atoms with Gasteiger partial charge in [-0.2, -0.15) is 0 Å². The molecule has 0 spiro atoms. The van der Waals surface area contributed by atoms with Crippen molar-refractivity contribution in [1.29, 1.82) is 0 Å². The SMILES string of the molecule is CCCN(Cc1ccccc1)c1cc(NC(=O)Cc2ccc(C)cc2)cc(-c2ccccc2C(=O)NSN2CCN(C)CC2)n1. The van der Waals surface area contributed by atoms with Gasteiger partial charge in [0.2, 0.25) is 5.91 Å². The Hall–Kier alpha value is -4.18. The van der Waals surface area contributed by atoms with Crippen LogP contribution in [0.2, 0.25) is 0 Å². The van der Waals surface area contributed by atoms with Crippen LogP contribution in [0.25, 0.3) is 11.3 Å². The number of piperazine rings is 1. The molecule has 1 aromatic heterocycles. The lowest BCUT2D eigenvalue weighted by Gasteiger charge is -2.30. The molecule has 1 fully saturated rings. The van der Waals surface area contributed by atoms with Crippen molar-refractivity contribution in [2.45, 2.75) is 33.2 Å². The van der Waals surface area contributed by atoms with Gasteiger partial charge in [0.15, 0.2) is 0 Å². The molecule has 234 valence electrons. The quantitative estimate of drug-likeness (QED) is 0.182. The number of benzene rings is 3. The predicted octanol–water partition coefficient (Wildman–Crippen LogP) is 6.20. The van der Waals surface area contributed by atoms with E-state index in [0.717, 1.165) is 56.1 Å². The highest BCUT2D eigenvalue weighted by atomic mass is 32.2. The van der Waals surface area contributed by atoms with Gasteiger partial charge in [0.25, 0.3) is 5.91 Å². The van der Waals surface area contributed by atoms with Crippen molar-refractivity contribution >= 4 is 35.5 Å². The fourth-order valence-electron chi connectivity index (χ4n) is 5.28. The number of aromatic nitrogens is 1. The first-order chi connectivity index (χ1) is 21.9. The largest absolute Gasteiger partial charge is 0.352 e. The van der Waals surface area contributed by atoms with E-state index in [1.807, 2.05) is 85.8 Å². The van der Waals surface area contributed by atoms with Crippen molar-refractivity contribution in [1.82, 2.24) is 18.9 Å². The standard InChI is InChI=1S/C36H42N6O2S/c1-4-18-41(26-29-10-6-5-7-11-29)34-25-30(37-35(43)23-28-16-14-27(2)15-17-28)24-33(38-34)31-12-8-9-13-32(31)36(44)39-45-42-21-19-40(3)20-22-42/h5-17,24-25H,4,18-23,26H2,1-3H3,(H,39,44)(H,37,38,43). The Morgan fingerprint density at radius 2 is 1.60 bits per heavy atom. The van der Waals surface area contributed by atoms with E-state index in [2.05, 4.69) is 50.2 Å². The van der Waals surface area contributed by atoms with Gasteiger partial charge in [-0.1, -0.05) is 85.3 Å². The van der Waals surface area contributed by atoms with Crippen LogP contribution in [0.3, 0.4) is 0 Å². The first kappa shape index (κ1) is 32.2. The van der Waals surface area contributed by atoms with Crippen LogP contribution in [0.5, 0.6) is 0 Å². The number of nitrogens with zero attached hydrogens (tertiary/aromatic N) is 4. The molecule has 1 aliphatic rings. The molecular weight excluding hydrogens is 581 g/mol. The Bertz CT molecular complexity index is 1570. The number of carbonyl (C=O) groups is 2. The number of anilines is 2. The number of carbonyl (C=O) groups excluding carboxylic acids is 2. The van der Waals surface area contributed by atoms with Crippen LogP contribution < -0.4 is 14.9 Å². The molecule has 0 aliphatic carbocycles. The van der Waals surface area contributed by atoms with Crippen molar-refractivity contribution in [3.05, 3.63) is 113 Å². The van der Waals surface area contributed by atoms with Crippen molar-refractivity contribution in [2.75, 3.05) is 50.0 Å². The smallest absolute Gasteiger partial charge is 0.262 e. The van der Waals surface area contributed by atoms with E-state index >= 15 is 0 Å². The minimum atomic E-state index is -0.179. The summed E-state index contributed by atoms with van der Waals surface area (Å²) in [4.78, 5) is 36.3. The molecule has 45 heavy (non-hydrogen) atoms. The van der Waals surface area contributed by atoms with Gasteiger partial charge < -0.3 is 15.1 Å². The second-order valence-electron chi connectivity index (χ2n) is 11.5. The number of amides is 2. The molecular formula is C36H42N6O2S. The third kappa shape index (κ3) is 9.17. The third-order valence-electron chi connectivity index (χ3n) is 7.79. The predicted molar refractivity (Wildman–Crippen MR) is 185 cm³/mol. The van der Waals surface area contributed by atoms with Crippen LogP contribution in [0, 0.1) is 6.92 Å². The zero-order chi connectivity index (χ0) is 31.6. The van der Waals surface area contributed by atoms with Crippen LogP contribution in [-0.2, 0) is 17.8 Å². The number of pyridine rings is 1. The number of nitrogens with one attached hydrogen (secondary N) is 2. The van der Waals surface area contributed by atoms with Crippen molar-refractivity contribution in [2.24, 2.45) is 0 Å². The summed E-state index contributed by atoms with van der Waals surface area (Å²) in [6.07, 6.45) is 1.19. The molecule has 1 saturated heterocycles. The van der Waals surface area contributed by atoms with Crippen LogP contribution in [0.4, 0.5) is 11.5 Å². The van der Waals surface area contributed by atoms with Crippen LogP contribution in [0.15, 0.2) is 91.0 Å². The van der Waals surface area contributed by atoms with E-state index in [1.54, 1.807) is 0 Å². The fraction of sp³-hybridized carbons (Fsp3) is 0.306. The summed E-state index contributed by atoms with van der Waals surface area (Å²) in [5.74, 6) is 0.453. The van der Waals surface area contributed by atoms with E-state index in [1.165, 1.54) is 17.7 Å². The minimum absolute atomic E-state index is 0.110. The van der Waals surface area contributed by atoms with E-state index in [0.29, 0.717) is 29.1 Å². The fourth-order valence-corrected chi connectivity index (χ4v) is 5.95. The van der Waals surface area contributed by atoms with Gasteiger partial charge in [0.1, 0.15) is 5.82 Å². The molecule has 0 radical (unpaired) electrons. The molecule has 2 N–H and O–H groups in total. The van der Waals surface area contributed by atoms with Crippen molar-refractivity contribution in [3.63, 3.8) is 0 Å². The van der Waals surface area contributed by atoms with Crippen LogP contribution >= 0.6 is 12.1 Å². The molecule has 3 aromatic carbocycles. The van der Waals surface area contributed by atoms with E-state index < -0.39 is 0 Å². The second kappa shape index (κ2) is 15.7. The third-order valence-corrected chi connectivity index (χ3v) is 8.69. The van der Waals surface area contributed by atoms with E-state index in [4.69, 9.17) is 4.98 Å². The summed E-state index contributed by atoms with van der Waals surface area (Å²) in [5, 5.41) is 3.12. The summed E-state index contributed by atoms with van der Waals surface area (Å²) >= 11 is 1.36. The first-order valence-corrected chi connectivity index (χ1v) is 16.3. The van der Waals surface area contributed by atoms with Gasteiger partial charge in [-0.05, 0) is 43.7 Å². The topological polar surface area (TPSA) is 80.8 Å². The lowest BCUT2D eigenvalue weighted by Crippen LogP contribution is -2.42. The van der Waals surface area contributed by atoms with Gasteiger partial charge >= 0.3 is 0 Å². The van der Waals surface area contributed by atoms with Gasteiger partial charge in [0, 0.05) is 74.3 Å². The Balaban J connectivity index is 1.45. The first-order valence-electron chi connectivity index (χ1n) is 15.5. The molecule has 2 heterocycles. The molecule has 0 saturated carbocycles. The van der Waals surface area contributed by atoms with Gasteiger partial charge in [-0.25, -0.2) is 9.29 Å². The Kier molecular flexibility index (Phi) is 11.2. The van der Waals surface area contributed by atoms with Crippen LogP contribution in [-0.4, -0.2) is 65.8 Å². The molecule has 2 amide bonds. The minimum Gasteiger partial charge on any atom is -0.352 e. The van der Waals surface area contributed by atoms with E-state index in [-0.39, 0.29) is 18.2 Å². The lowest BCUT2D eigenvalue weighted by atomic mass is 10.0. The van der Waals surface area contributed by atoms with Crippen molar-refractivity contribution in [3.8, 4) is 11.3 Å². The molecule has 5 rings (SSSR count). The zero-order valence-electron chi connectivity index (χ0n) is 26.3.